The second-order valence-electron chi connectivity index (χ2n) is 5.41. The Kier molecular flexibility index (Phi) is 3.26. The molecule has 0 aliphatic rings. The zero-order chi connectivity index (χ0) is 15.0. The Balaban J connectivity index is 2.28. The van der Waals surface area contributed by atoms with E-state index in [1.165, 1.54) is 5.56 Å². The molecular weight excluding hydrogens is 262 g/mol. The molecule has 0 fully saturated rings. The molecule has 0 bridgehead atoms. The number of hydrogen-bond acceptors (Lipinski definition) is 1. The number of nitrogens with one attached hydrogen (secondary N) is 1. The van der Waals surface area contributed by atoms with Crippen LogP contribution in [0.25, 0.3) is 22.2 Å². The molecule has 0 unspecified atom stereocenters. The molecule has 3 rings (SSSR count). The lowest BCUT2D eigenvalue weighted by atomic mass is 9.98. The van der Waals surface area contributed by atoms with Crippen molar-refractivity contribution in [3.63, 3.8) is 0 Å². The van der Waals surface area contributed by atoms with Gasteiger partial charge in [-0.2, -0.15) is 0 Å². The van der Waals surface area contributed by atoms with E-state index < -0.39 is 5.97 Å². The van der Waals surface area contributed by atoms with E-state index in [0.717, 1.165) is 33.3 Å². The van der Waals surface area contributed by atoms with Crippen molar-refractivity contribution in [3.8, 4) is 11.3 Å². The molecule has 2 aromatic carbocycles. The minimum absolute atomic E-state index is 0.0205. The SMILES string of the molecule is Cc1ccc(-c2[nH]c3ccccc3c2CC(=O)O)c(C)c1. The average Bonchev–Trinajstić information content (AvgIpc) is 2.77. The summed E-state index contributed by atoms with van der Waals surface area (Å²) in [7, 11) is 0. The van der Waals surface area contributed by atoms with Crippen LogP contribution in [-0.2, 0) is 11.2 Å². The van der Waals surface area contributed by atoms with Crippen LogP contribution in [0.2, 0.25) is 0 Å². The summed E-state index contributed by atoms with van der Waals surface area (Å²) < 4.78 is 0. The number of aryl methyl sites for hydroxylation is 2. The molecule has 0 atom stereocenters. The highest BCUT2D eigenvalue weighted by Crippen LogP contribution is 2.32. The number of aromatic amines is 1. The first-order chi connectivity index (χ1) is 10.1. The zero-order valence-corrected chi connectivity index (χ0v) is 12.1. The first kappa shape index (κ1) is 13.4. The van der Waals surface area contributed by atoms with Crippen LogP contribution in [0.1, 0.15) is 16.7 Å². The van der Waals surface area contributed by atoms with Crippen molar-refractivity contribution in [2.75, 3.05) is 0 Å². The molecule has 2 N–H and O–H groups in total. The molecule has 3 nitrogen and oxygen atoms in total. The van der Waals surface area contributed by atoms with Crippen LogP contribution < -0.4 is 0 Å². The first-order valence-corrected chi connectivity index (χ1v) is 6.95. The van der Waals surface area contributed by atoms with E-state index in [0.29, 0.717) is 0 Å². The third-order valence-electron chi connectivity index (χ3n) is 3.79. The van der Waals surface area contributed by atoms with Crippen molar-refractivity contribution in [1.29, 1.82) is 0 Å². The molecule has 0 spiro atoms. The molecule has 0 saturated carbocycles. The molecular formula is C18H17NO2. The monoisotopic (exact) mass is 279 g/mol. The molecule has 0 saturated heterocycles. The van der Waals surface area contributed by atoms with Crippen LogP contribution in [0, 0.1) is 13.8 Å². The number of carboxylic acids is 1. The number of hydrogen-bond donors (Lipinski definition) is 2. The van der Waals surface area contributed by atoms with Gasteiger partial charge in [0, 0.05) is 16.5 Å². The van der Waals surface area contributed by atoms with Crippen LogP contribution in [0.5, 0.6) is 0 Å². The third kappa shape index (κ3) is 2.42. The van der Waals surface area contributed by atoms with Crippen LogP contribution in [0.4, 0.5) is 0 Å². The predicted molar refractivity (Wildman–Crippen MR) is 84.5 cm³/mol. The molecule has 1 aromatic heterocycles. The van der Waals surface area contributed by atoms with E-state index in [-0.39, 0.29) is 6.42 Å². The van der Waals surface area contributed by atoms with Gasteiger partial charge < -0.3 is 10.1 Å². The predicted octanol–water partition coefficient (Wildman–Crippen LogP) is 4.08. The topological polar surface area (TPSA) is 53.1 Å². The maximum absolute atomic E-state index is 11.2. The van der Waals surface area contributed by atoms with E-state index >= 15 is 0 Å². The fourth-order valence-electron chi connectivity index (χ4n) is 2.86. The summed E-state index contributed by atoms with van der Waals surface area (Å²) in [5.74, 6) is -0.814. The smallest absolute Gasteiger partial charge is 0.307 e. The summed E-state index contributed by atoms with van der Waals surface area (Å²) in [6, 6.07) is 14.1. The average molecular weight is 279 g/mol. The maximum atomic E-state index is 11.2. The van der Waals surface area contributed by atoms with Gasteiger partial charge in [-0.15, -0.1) is 0 Å². The third-order valence-corrected chi connectivity index (χ3v) is 3.79. The standard InChI is InChI=1S/C18H17NO2/c1-11-7-8-13(12(2)9-11)18-15(10-17(20)21)14-5-3-4-6-16(14)19-18/h3-9,19H,10H2,1-2H3,(H,20,21). The van der Waals surface area contributed by atoms with Crippen LogP contribution in [0.3, 0.4) is 0 Å². The number of rotatable bonds is 3. The van der Waals surface area contributed by atoms with Gasteiger partial charge >= 0.3 is 5.97 Å². The minimum atomic E-state index is -0.814. The first-order valence-electron chi connectivity index (χ1n) is 6.95. The second-order valence-corrected chi connectivity index (χ2v) is 5.41. The number of benzene rings is 2. The Bertz CT molecular complexity index is 830. The fourth-order valence-corrected chi connectivity index (χ4v) is 2.86. The summed E-state index contributed by atoms with van der Waals surface area (Å²) in [4.78, 5) is 14.6. The molecule has 0 aliphatic carbocycles. The quantitative estimate of drug-likeness (QED) is 0.759. The van der Waals surface area contributed by atoms with Gasteiger partial charge in [0.1, 0.15) is 0 Å². The molecule has 3 heteroatoms. The van der Waals surface area contributed by atoms with Crippen LogP contribution >= 0.6 is 0 Å². The molecule has 0 radical (unpaired) electrons. The lowest BCUT2D eigenvalue weighted by molar-refractivity contribution is -0.136. The van der Waals surface area contributed by atoms with Crippen molar-refractivity contribution < 1.29 is 9.90 Å². The summed E-state index contributed by atoms with van der Waals surface area (Å²) in [6.07, 6.45) is 0.0205. The lowest BCUT2D eigenvalue weighted by Gasteiger charge is -2.08. The van der Waals surface area contributed by atoms with Crippen molar-refractivity contribution in [3.05, 3.63) is 59.2 Å². The Morgan fingerprint density at radius 1 is 1.14 bits per heavy atom. The minimum Gasteiger partial charge on any atom is -0.481 e. The highest BCUT2D eigenvalue weighted by atomic mass is 16.4. The summed E-state index contributed by atoms with van der Waals surface area (Å²) in [5.41, 5.74) is 6.15. The van der Waals surface area contributed by atoms with Gasteiger partial charge in [0.2, 0.25) is 0 Å². The van der Waals surface area contributed by atoms with Crippen molar-refractivity contribution in [2.45, 2.75) is 20.3 Å². The van der Waals surface area contributed by atoms with E-state index in [1.807, 2.05) is 24.3 Å². The number of aliphatic carboxylic acids is 1. The Hall–Kier alpha value is -2.55. The van der Waals surface area contributed by atoms with E-state index in [4.69, 9.17) is 0 Å². The van der Waals surface area contributed by atoms with Crippen LogP contribution in [0.15, 0.2) is 42.5 Å². The number of para-hydroxylation sites is 1. The molecule has 0 aliphatic heterocycles. The normalized spacial score (nSPS) is 11.0. The van der Waals surface area contributed by atoms with Gasteiger partial charge in [0.05, 0.1) is 12.1 Å². The van der Waals surface area contributed by atoms with Crippen molar-refractivity contribution in [2.24, 2.45) is 0 Å². The highest BCUT2D eigenvalue weighted by Gasteiger charge is 2.16. The Labute approximate surface area is 123 Å². The molecule has 106 valence electrons. The Morgan fingerprint density at radius 3 is 2.62 bits per heavy atom. The lowest BCUT2D eigenvalue weighted by Crippen LogP contribution is -2.01. The van der Waals surface area contributed by atoms with Gasteiger partial charge in [-0.3, -0.25) is 4.79 Å². The van der Waals surface area contributed by atoms with Crippen LogP contribution in [-0.4, -0.2) is 16.1 Å². The van der Waals surface area contributed by atoms with Gasteiger partial charge in [-0.25, -0.2) is 0 Å². The summed E-state index contributed by atoms with van der Waals surface area (Å²) >= 11 is 0. The van der Waals surface area contributed by atoms with Crippen molar-refractivity contribution >= 4 is 16.9 Å². The fraction of sp³-hybridized carbons (Fsp3) is 0.167. The van der Waals surface area contributed by atoms with Gasteiger partial charge in [0.25, 0.3) is 0 Å². The van der Waals surface area contributed by atoms with Crippen molar-refractivity contribution in [1.82, 2.24) is 4.98 Å². The highest BCUT2D eigenvalue weighted by molar-refractivity contribution is 5.94. The molecule has 3 aromatic rings. The summed E-state index contributed by atoms with van der Waals surface area (Å²) in [5, 5.41) is 10.2. The molecule has 21 heavy (non-hydrogen) atoms. The van der Waals surface area contributed by atoms with Gasteiger partial charge in [-0.05, 0) is 31.0 Å². The molecule has 0 amide bonds. The number of aromatic nitrogens is 1. The number of carboxylic acid groups (broad SMARTS) is 1. The van der Waals surface area contributed by atoms with E-state index in [9.17, 15) is 9.90 Å². The molecule has 1 heterocycles. The zero-order valence-electron chi connectivity index (χ0n) is 12.1. The van der Waals surface area contributed by atoms with E-state index in [2.05, 4.69) is 37.0 Å². The number of H-pyrrole nitrogens is 1. The number of carbonyl (C=O) groups is 1. The largest absolute Gasteiger partial charge is 0.481 e. The Morgan fingerprint density at radius 2 is 1.90 bits per heavy atom. The second kappa shape index (κ2) is 5.09. The maximum Gasteiger partial charge on any atom is 0.307 e. The van der Waals surface area contributed by atoms with Gasteiger partial charge in [-0.1, -0.05) is 42.0 Å². The van der Waals surface area contributed by atoms with Gasteiger partial charge in [0.15, 0.2) is 0 Å². The summed E-state index contributed by atoms with van der Waals surface area (Å²) in [6.45, 7) is 4.11. The number of fused-ring (bicyclic) bond motifs is 1. The van der Waals surface area contributed by atoms with E-state index in [1.54, 1.807) is 0 Å².